The number of nitrogens with zero attached hydrogens (tertiary/aromatic N) is 2. The van der Waals surface area contributed by atoms with E-state index >= 15 is 0 Å². The highest BCUT2D eigenvalue weighted by Crippen LogP contribution is 2.24. The average molecular weight is 534 g/mol. The summed E-state index contributed by atoms with van der Waals surface area (Å²) in [6.45, 7) is 3.35. The number of hydrogen-bond acceptors (Lipinski definition) is 4. The Kier molecular flexibility index (Phi) is 9.79. The molecule has 2 aromatic carbocycles. The van der Waals surface area contributed by atoms with Gasteiger partial charge >= 0.3 is 0 Å². The van der Waals surface area contributed by atoms with Gasteiger partial charge in [0, 0.05) is 17.6 Å². The fourth-order valence-electron chi connectivity index (χ4n) is 4.63. The van der Waals surface area contributed by atoms with Crippen molar-refractivity contribution in [3.8, 4) is 0 Å². The number of carbonyl (C=O) groups excluding carboxylic acids is 2. The van der Waals surface area contributed by atoms with Crippen molar-refractivity contribution in [2.24, 2.45) is 0 Å². The summed E-state index contributed by atoms with van der Waals surface area (Å²) in [6, 6.07) is 13.6. The molecule has 7 nitrogen and oxygen atoms in total. The zero-order chi connectivity index (χ0) is 26.3. The topological polar surface area (TPSA) is 86.8 Å². The Morgan fingerprint density at radius 1 is 1.08 bits per heavy atom. The van der Waals surface area contributed by atoms with Gasteiger partial charge in [-0.1, -0.05) is 68.1 Å². The first-order chi connectivity index (χ1) is 17.1. The summed E-state index contributed by atoms with van der Waals surface area (Å²) in [4.78, 5) is 28.4. The number of carbonyl (C=O) groups is 2. The minimum atomic E-state index is -3.76. The van der Waals surface area contributed by atoms with Crippen LogP contribution < -0.4 is 9.62 Å². The zero-order valence-electron chi connectivity index (χ0n) is 21.2. The van der Waals surface area contributed by atoms with Gasteiger partial charge in [-0.2, -0.15) is 0 Å². The van der Waals surface area contributed by atoms with Crippen LogP contribution in [0.1, 0.15) is 57.1 Å². The maximum absolute atomic E-state index is 13.7. The highest BCUT2D eigenvalue weighted by molar-refractivity contribution is 7.92. The Morgan fingerprint density at radius 3 is 2.42 bits per heavy atom. The van der Waals surface area contributed by atoms with E-state index in [1.54, 1.807) is 37.3 Å². The maximum atomic E-state index is 13.7. The van der Waals surface area contributed by atoms with Crippen molar-refractivity contribution < 1.29 is 18.0 Å². The lowest BCUT2D eigenvalue weighted by Crippen LogP contribution is -2.53. The van der Waals surface area contributed by atoms with Crippen molar-refractivity contribution in [2.75, 3.05) is 17.1 Å². The van der Waals surface area contributed by atoms with E-state index in [2.05, 4.69) is 5.32 Å². The van der Waals surface area contributed by atoms with E-state index in [0.717, 1.165) is 47.4 Å². The number of rotatable bonds is 10. The van der Waals surface area contributed by atoms with Crippen molar-refractivity contribution in [1.29, 1.82) is 0 Å². The molecule has 1 atom stereocenters. The number of aryl methyl sites for hydroxylation is 1. The molecule has 1 aliphatic rings. The summed E-state index contributed by atoms with van der Waals surface area (Å²) in [5.74, 6) is -0.699. The smallest absolute Gasteiger partial charge is 0.244 e. The normalized spacial score (nSPS) is 15.2. The Balaban J connectivity index is 1.89. The zero-order valence-corrected chi connectivity index (χ0v) is 22.8. The largest absolute Gasteiger partial charge is 0.352 e. The summed E-state index contributed by atoms with van der Waals surface area (Å²) in [7, 11) is -3.76. The van der Waals surface area contributed by atoms with E-state index < -0.39 is 28.5 Å². The predicted octanol–water partition coefficient (Wildman–Crippen LogP) is 4.53. The van der Waals surface area contributed by atoms with E-state index in [-0.39, 0.29) is 18.5 Å². The quantitative estimate of drug-likeness (QED) is 0.486. The van der Waals surface area contributed by atoms with Crippen molar-refractivity contribution >= 4 is 39.1 Å². The summed E-state index contributed by atoms with van der Waals surface area (Å²) < 4.78 is 26.7. The average Bonchev–Trinajstić information content (AvgIpc) is 2.85. The molecule has 0 spiro atoms. The second-order valence-corrected chi connectivity index (χ2v) is 11.8. The van der Waals surface area contributed by atoms with Gasteiger partial charge in [0.2, 0.25) is 21.8 Å². The van der Waals surface area contributed by atoms with Gasteiger partial charge in [-0.05, 0) is 55.5 Å². The molecule has 0 aromatic heterocycles. The van der Waals surface area contributed by atoms with Crippen molar-refractivity contribution in [2.45, 2.75) is 71.0 Å². The molecule has 0 heterocycles. The second kappa shape index (κ2) is 12.6. The van der Waals surface area contributed by atoms with Crippen LogP contribution in [0.15, 0.2) is 48.5 Å². The number of nitrogens with one attached hydrogen (secondary N) is 1. The van der Waals surface area contributed by atoms with Gasteiger partial charge < -0.3 is 10.2 Å². The highest BCUT2D eigenvalue weighted by atomic mass is 35.5. The van der Waals surface area contributed by atoms with Gasteiger partial charge in [0.25, 0.3) is 0 Å². The van der Waals surface area contributed by atoms with Crippen molar-refractivity contribution in [1.82, 2.24) is 10.2 Å². The molecule has 0 radical (unpaired) electrons. The van der Waals surface area contributed by atoms with Crippen LogP contribution in [0.3, 0.4) is 0 Å². The first-order valence-corrected chi connectivity index (χ1v) is 14.7. The molecule has 0 bridgehead atoms. The Bertz CT molecular complexity index is 1170. The Hall–Kier alpha value is -2.58. The minimum Gasteiger partial charge on any atom is -0.352 e. The lowest BCUT2D eigenvalue weighted by molar-refractivity contribution is -0.139. The SMILES string of the molecule is CCc1ccccc1N(CC(=O)N(Cc1cccc(Cl)c1)[C@H](C)C(=O)NC1CCCCC1)S(C)(=O)=O. The number of hydrogen-bond donors (Lipinski definition) is 1. The Morgan fingerprint density at radius 2 is 1.78 bits per heavy atom. The molecule has 3 rings (SSSR count). The molecule has 196 valence electrons. The standard InChI is InChI=1S/C27H36ClN3O4S/c1-4-22-12-8-9-16-25(22)31(36(3,34)35)19-26(32)30(18-21-11-10-13-23(28)17-21)20(2)27(33)29-24-14-6-5-7-15-24/h8-13,16-17,20,24H,4-7,14-15,18-19H2,1-3H3,(H,29,33)/t20-/m1/s1. The third kappa shape index (κ3) is 7.46. The van der Waals surface area contributed by atoms with Crippen LogP contribution in [-0.4, -0.2) is 50.0 Å². The van der Waals surface area contributed by atoms with Gasteiger partial charge in [0.05, 0.1) is 11.9 Å². The number of amides is 2. The van der Waals surface area contributed by atoms with Crippen LogP contribution in [0.5, 0.6) is 0 Å². The van der Waals surface area contributed by atoms with E-state index in [0.29, 0.717) is 17.1 Å². The summed E-state index contributed by atoms with van der Waals surface area (Å²) in [5.41, 5.74) is 2.05. The molecule has 36 heavy (non-hydrogen) atoms. The fourth-order valence-corrected chi connectivity index (χ4v) is 5.72. The summed E-state index contributed by atoms with van der Waals surface area (Å²) in [5, 5.41) is 3.62. The predicted molar refractivity (Wildman–Crippen MR) is 144 cm³/mol. The molecular weight excluding hydrogens is 498 g/mol. The lowest BCUT2D eigenvalue weighted by atomic mass is 9.95. The van der Waals surface area contributed by atoms with Crippen LogP contribution >= 0.6 is 11.6 Å². The summed E-state index contributed by atoms with van der Waals surface area (Å²) >= 11 is 6.17. The molecule has 2 amide bonds. The molecule has 9 heteroatoms. The van der Waals surface area contributed by atoms with Gasteiger partial charge in [-0.25, -0.2) is 8.42 Å². The highest BCUT2D eigenvalue weighted by Gasteiger charge is 2.31. The van der Waals surface area contributed by atoms with E-state index in [1.165, 1.54) is 11.3 Å². The molecule has 0 aliphatic heterocycles. The van der Waals surface area contributed by atoms with Crippen molar-refractivity contribution in [3.05, 3.63) is 64.7 Å². The molecule has 2 aromatic rings. The third-order valence-electron chi connectivity index (χ3n) is 6.68. The number of halogens is 1. The maximum Gasteiger partial charge on any atom is 0.244 e. The molecule has 1 saturated carbocycles. The van der Waals surface area contributed by atoms with Crippen LogP contribution in [0, 0.1) is 0 Å². The van der Waals surface area contributed by atoms with Gasteiger partial charge in [0.15, 0.2) is 0 Å². The van der Waals surface area contributed by atoms with E-state index in [9.17, 15) is 18.0 Å². The monoisotopic (exact) mass is 533 g/mol. The number of sulfonamides is 1. The van der Waals surface area contributed by atoms with E-state index in [4.69, 9.17) is 11.6 Å². The molecular formula is C27H36ClN3O4S. The van der Waals surface area contributed by atoms with Crippen LogP contribution in [0.2, 0.25) is 5.02 Å². The molecule has 1 fully saturated rings. The van der Waals surface area contributed by atoms with Crippen molar-refractivity contribution in [3.63, 3.8) is 0 Å². The first-order valence-electron chi connectivity index (χ1n) is 12.5. The Labute approximate surface area is 219 Å². The second-order valence-electron chi connectivity index (χ2n) is 9.42. The minimum absolute atomic E-state index is 0.0979. The fraction of sp³-hybridized carbons (Fsp3) is 0.481. The van der Waals surface area contributed by atoms with Crippen LogP contribution in [0.25, 0.3) is 0 Å². The third-order valence-corrected chi connectivity index (χ3v) is 8.04. The number of para-hydroxylation sites is 1. The first kappa shape index (κ1) is 28.0. The van der Waals surface area contributed by atoms with Gasteiger partial charge in [0.1, 0.15) is 12.6 Å². The lowest BCUT2D eigenvalue weighted by Gasteiger charge is -2.33. The van der Waals surface area contributed by atoms with Gasteiger partial charge in [-0.3, -0.25) is 13.9 Å². The summed E-state index contributed by atoms with van der Waals surface area (Å²) in [6.07, 6.45) is 6.87. The molecule has 1 aliphatic carbocycles. The number of benzene rings is 2. The molecule has 0 unspecified atom stereocenters. The van der Waals surface area contributed by atoms with E-state index in [1.807, 2.05) is 25.1 Å². The molecule has 1 N–H and O–H groups in total. The number of anilines is 1. The van der Waals surface area contributed by atoms with Crippen LogP contribution in [0.4, 0.5) is 5.69 Å². The molecule has 0 saturated heterocycles. The van der Waals surface area contributed by atoms with Gasteiger partial charge in [-0.15, -0.1) is 0 Å². The van der Waals surface area contributed by atoms with Crippen LogP contribution in [-0.2, 0) is 32.6 Å².